The van der Waals surface area contributed by atoms with E-state index in [0.29, 0.717) is 12.8 Å². The number of hydrogen-bond donors (Lipinski definition) is 0. The smallest absolute Gasteiger partial charge is 0.416 e. The first-order valence-electron chi connectivity index (χ1n) is 11.6. The van der Waals surface area contributed by atoms with Gasteiger partial charge < -0.3 is 19.3 Å². The summed E-state index contributed by atoms with van der Waals surface area (Å²) < 4.78 is 53.0. The van der Waals surface area contributed by atoms with E-state index in [2.05, 4.69) is 0 Å². The molecule has 10 heteroatoms. The first kappa shape index (κ1) is 28.1. The number of halogens is 3. The molecular weight excluding hydrogens is 463 g/mol. The summed E-state index contributed by atoms with van der Waals surface area (Å²) in [5.41, 5.74) is -0.600. The van der Waals surface area contributed by atoms with Gasteiger partial charge in [0.25, 0.3) is 11.8 Å². The molecule has 0 aliphatic carbocycles. The Balaban J connectivity index is 2.90. The Hall–Kier alpha value is -3.17. The van der Waals surface area contributed by atoms with Gasteiger partial charge in [0.05, 0.1) is 18.8 Å². The van der Waals surface area contributed by atoms with E-state index < -0.39 is 23.6 Å². The lowest BCUT2D eigenvalue weighted by Gasteiger charge is -2.18. The van der Waals surface area contributed by atoms with Crippen LogP contribution in [-0.2, 0) is 6.18 Å². The topological polar surface area (TPSA) is 64.0 Å². The second kappa shape index (κ2) is 12.0. The molecule has 1 aromatic heterocycles. The van der Waals surface area contributed by atoms with Crippen LogP contribution in [0.25, 0.3) is 5.69 Å². The Kier molecular flexibility index (Phi) is 9.62. The Labute approximate surface area is 204 Å². The normalized spacial score (nSPS) is 11.3. The van der Waals surface area contributed by atoms with E-state index in [1.165, 1.54) is 26.5 Å². The second-order valence-electron chi connectivity index (χ2n) is 8.54. The lowest BCUT2D eigenvalue weighted by Crippen LogP contribution is -2.28. The van der Waals surface area contributed by atoms with E-state index in [0.717, 1.165) is 25.0 Å². The molecule has 0 N–H and O–H groups in total. The highest BCUT2D eigenvalue weighted by Crippen LogP contribution is 2.42. The van der Waals surface area contributed by atoms with Gasteiger partial charge in [-0.2, -0.15) is 13.2 Å². The summed E-state index contributed by atoms with van der Waals surface area (Å²) in [6.07, 6.45) is -1.44. The van der Waals surface area contributed by atoms with Crippen LogP contribution in [0.3, 0.4) is 0 Å². The van der Waals surface area contributed by atoms with Gasteiger partial charge in [0, 0.05) is 33.9 Å². The summed E-state index contributed by atoms with van der Waals surface area (Å²) in [7, 11) is 6.20. The van der Waals surface area contributed by atoms with Crippen molar-refractivity contribution in [3.8, 4) is 17.2 Å². The average molecular weight is 498 g/mol. The third-order valence-electron chi connectivity index (χ3n) is 5.24. The number of carbonyl (C=O) groups excluding carboxylic acids is 2. The van der Waals surface area contributed by atoms with Gasteiger partial charge in [-0.05, 0) is 37.1 Å². The summed E-state index contributed by atoms with van der Waals surface area (Å²) >= 11 is 0. The van der Waals surface area contributed by atoms with E-state index in [1.54, 1.807) is 28.2 Å². The minimum atomic E-state index is -4.53. The van der Waals surface area contributed by atoms with Crippen molar-refractivity contribution < 1.29 is 32.2 Å². The predicted molar refractivity (Wildman–Crippen MR) is 128 cm³/mol. The molecule has 2 aromatic rings. The summed E-state index contributed by atoms with van der Waals surface area (Å²) in [6.45, 7) is 4.53. The molecule has 0 spiro atoms. The highest BCUT2D eigenvalue weighted by molar-refractivity contribution is 6.04. The number of benzene rings is 1. The van der Waals surface area contributed by atoms with Crippen LogP contribution in [0, 0.1) is 0 Å². The summed E-state index contributed by atoms with van der Waals surface area (Å²) in [5.74, 6) is -0.735. The van der Waals surface area contributed by atoms with Crippen molar-refractivity contribution in [2.75, 3.05) is 41.4 Å². The second-order valence-corrected chi connectivity index (χ2v) is 8.54. The molecule has 194 valence electrons. The van der Waals surface area contributed by atoms with Crippen molar-refractivity contribution in [1.29, 1.82) is 0 Å². The van der Waals surface area contributed by atoms with Gasteiger partial charge in [0.1, 0.15) is 0 Å². The molecule has 2 amide bonds. The molecule has 0 fully saturated rings. The molecule has 0 bridgehead atoms. The standard InChI is InChI=1S/C25H34F3N3O4/c1-7-9-15-34-21-19(23(32)29(3)4)31(18-13-11-17(12-14-18)25(26,27)28)20(24(33)30(5)6)22(21)35-16-10-8-2/h11-14H,7-10,15-16H2,1-6H3. The number of aromatic nitrogens is 1. The van der Waals surface area contributed by atoms with Gasteiger partial charge in [0.15, 0.2) is 22.9 Å². The fourth-order valence-corrected chi connectivity index (χ4v) is 3.30. The minimum Gasteiger partial charge on any atom is -0.487 e. The molecule has 2 rings (SSSR count). The largest absolute Gasteiger partial charge is 0.487 e. The van der Waals surface area contributed by atoms with Gasteiger partial charge in [-0.3, -0.25) is 14.2 Å². The number of rotatable bonds is 11. The van der Waals surface area contributed by atoms with Gasteiger partial charge >= 0.3 is 6.18 Å². The van der Waals surface area contributed by atoms with E-state index in [-0.39, 0.29) is 41.8 Å². The quantitative estimate of drug-likeness (QED) is 0.398. The SMILES string of the molecule is CCCCOc1c(OCCCC)c(C(=O)N(C)C)n(-c2ccc(C(F)(F)F)cc2)c1C(=O)N(C)C. The van der Waals surface area contributed by atoms with E-state index in [9.17, 15) is 22.8 Å². The van der Waals surface area contributed by atoms with Crippen LogP contribution in [0.1, 0.15) is 66.1 Å². The van der Waals surface area contributed by atoms with Crippen molar-refractivity contribution in [1.82, 2.24) is 14.4 Å². The molecular formula is C25H34F3N3O4. The lowest BCUT2D eigenvalue weighted by molar-refractivity contribution is -0.137. The molecule has 1 heterocycles. The fraction of sp³-hybridized carbons (Fsp3) is 0.520. The molecule has 0 aliphatic rings. The van der Waals surface area contributed by atoms with Gasteiger partial charge in [-0.1, -0.05) is 26.7 Å². The molecule has 0 aliphatic heterocycles. The number of nitrogens with zero attached hydrogens (tertiary/aromatic N) is 3. The zero-order valence-corrected chi connectivity index (χ0v) is 21.2. The number of unbranched alkanes of at least 4 members (excludes halogenated alkanes) is 2. The van der Waals surface area contributed by atoms with Gasteiger partial charge in [0.2, 0.25) is 0 Å². The molecule has 0 unspecified atom stereocenters. The van der Waals surface area contributed by atoms with Crippen LogP contribution < -0.4 is 9.47 Å². The van der Waals surface area contributed by atoms with Crippen molar-refractivity contribution in [2.24, 2.45) is 0 Å². The Morgan fingerprint density at radius 2 is 1.20 bits per heavy atom. The maximum Gasteiger partial charge on any atom is 0.416 e. The number of amides is 2. The molecule has 0 radical (unpaired) electrons. The van der Waals surface area contributed by atoms with Crippen LogP contribution >= 0.6 is 0 Å². The average Bonchev–Trinajstić information content (AvgIpc) is 3.11. The van der Waals surface area contributed by atoms with Crippen molar-refractivity contribution >= 4 is 11.8 Å². The number of alkyl halides is 3. The zero-order chi connectivity index (χ0) is 26.3. The van der Waals surface area contributed by atoms with E-state index in [4.69, 9.17) is 9.47 Å². The Morgan fingerprint density at radius 1 is 0.800 bits per heavy atom. The van der Waals surface area contributed by atoms with Crippen molar-refractivity contribution in [2.45, 2.75) is 45.7 Å². The van der Waals surface area contributed by atoms with Crippen LogP contribution in [0.5, 0.6) is 11.5 Å². The first-order chi connectivity index (χ1) is 16.4. The Bertz CT molecular complexity index is 961. The summed E-state index contributed by atoms with van der Waals surface area (Å²) in [5, 5.41) is 0. The van der Waals surface area contributed by atoms with Crippen LogP contribution in [0.2, 0.25) is 0 Å². The summed E-state index contributed by atoms with van der Waals surface area (Å²) in [6, 6.07) is 4.29. The highest BCUT2D eigenvalue weighted by Gasteiger charge is 2.36. The molecule has 7 nitrogen and oxygen atoms in total. The third kappa shape index (κ3) is 6.49. The molecule has 0 saturated heterocycles. The van der Waals surface area contributed by atoms with Gasteiger partial charge in [-0.25, -0.2) is 0 Å². The summed E-state index contributed by atoms with van der Waals surface area (Å²) in [4.78, 5) is 29.4. The van der Waals surface area contributed by atoms with Crippen LogP contribution in [0.4, 0.5) is 13.2 Å². The van der Waals surface area contributed by atoms with Gasteiger partial charge in [-0.15, -0.1) is 0 Å². The maximum atomic E-state index is 13.4. The van der Waals surface area contributed by atoms with E-state index >= 15 is 0 Å². The fourth-order valence-electron chi connectivity index (χ4n) is 3.30. The number of carbonyl (C=O) groups is 2. The zero-order valence-electron chi connectivity index (χ0n) is 21.2. The monoisotopic (exact) mass is 497 g/mol. The molecule has 0 atom stereocenters. The lowest BCUT2D eigenvalue weighted by atomic mass is 10.2. The van der Waals surface area contributed by atoms with E-state index in [1.807, 2.05) is 13.8 Å². The minimum absolute atomic E-state index is 0.0163. The first-order valence-corrected chi connectivity index (χ1v) is 11.6. The highest BCUT2D eigenvalue weighted by atomic mass is 19.4. The molecule has 35 heavy (non-hydrogen) atoms. The predicted octanol–water partition coefficient (Wildman–Crippen LogP) is 5.26. The number of ether oxygens (including phenoxy) is 2. The molecule has 0 saturated carbocycles. The van der Waals surface area contributed by atoms with Crippen molar-refractivity contribution in [3.05, 3.63) is 41.2 Å². The number of hydrogen-bond acceptors (Lipinski definition) is 4. The van der Waals surface area contributed by atoms with Crippen LogP contribution in [-0.4, -0.2) is 67.6 Å². The Morgan fingerprint density at radius 3 is 1.51 bits per heavy atom. The van der Waals surface area contributed by atoms with Crippen LogP contribution in [0.15, 0.2) is 24.3 Å². The maximum absolute atomic E-state index is 13.4. The molecule has 1 aromatic carbocycles. The van der Waals surface area contributed by atoms with Crippen molar-refractivity contribution in [3.63, 3.8) is 0 Å². The third-order valence-corrected chi connectivity index (χ3v) is 5.24.